The van der Waals surface area contributed by atoms with Gasteiger partial charge in [0.1, 0.15) is 11.6 Å². The maximum atomic E-state index is 12.3. The van der Waals surface area contributed by atoms with E-state index in [9.17, 15) is 9.90 Å². The van der Waals surface area contributed by atoms with E-state index < -0.39 is 11.7 Å². The van der Waals surface area contributed by atoms with Crippen molar-refractivity contribution in [2.75, 3.05) is 25.2 Å². The van der Waals surface area contributed by atoms with Gasteiger partial charge in [-0.3, -0.25) is 0 Å². The number of aliphatic hydroxyl groups is 1. The van der Waals surface area contributed by atoms with Gasteiger partial charge < -0.3 is 19.5 Å². The average molecular weight is 409 g/mol. The summed E-state index contributed by atoms with van der Waals surface area (Å²) in [5.41, 5.74) is -0.785. The summed E-state index contributed by atoms with van der Waals surface area (Å²) < 4.78 is 10.2. The first kappa shape index (κ1) is 19.5. The molecule has 1 heterocycles. The molecule has 0 fully saturated rings. The highest BCUT2D eigenvalue weighted by atomic mass is 35.5. The van der Waals surface area contributed by atoms with Gasteiger partial charge in [-0.25, -0.2) is 9.79 Å². The van der Waals surface area contributed by atoms with Gasteiger partial charge in [0.15, 0.2) is 0 Å². The molecule has 0 amide bonds. The van der Waals surface area contributed by atoms with Crippen LogP contribution in [0.3, 0.4) is 0 Å². The zero-order valence-electron chi connectivity index (χ0n) is 14.8. The van der Waals surface area contributed by atoms with E-state index in [0.717, 1.165) is 0 Å². The highest BCUT2D eigenvalue weighted by Crippen LogP contribution is 2.35. The lowest BCUT2D eigenvalue weighted by Gasteiger charge is -2.24. The second kappa shape index (κ2) is 7.76. The van der Waals surface area contributed by atoms with Crippen LogP contribution < -0.4 is 9.64 Å². The topological polar surface area (TPSA) is 71.4 Å². The Morgan fingerprint density at radius 3 is 2.56 bits per heavy atom. The predicted octanol–water partition coefficient (Wildman–Crippen LogP) is 3.52. The van der Waals surface area contributed by atoms with E-state index >= 15 is 0 Å². The molecule has 27 heavy (non-hydrogen) atoms. The van der Waals surface area contributed by atoms with Crippen LogP contribution in [0.1, 0.15) is 12.5 Å². The quantitative estimate of drug-likeness (QED) is 0.766. The first-order valence-corrected chi connectivity index (χ1v) is 9.00. The fraction of sp³-hybridized carbons (Fsp3) is 0.263. The average Bonchev–Trinajstić information content (AvgIpc) is 3.01. The van der Waals surface area contributed by atoms with Crippen molar-refractivity contribution in [3.05, 3.63) is 58.1 Å². The van der Waals surface area contributed by atoms with Gasteiger partial charge in [0.25, 0.3) is 5.72 Å². The molecule has 3 rings (SSSR count). The lowest BCUT2D eigenvalue weighted by atomic mass is 10.1. The standard InChI is InChI=1S/C19H18Cl2N2O4/c1-3-27-18(24)19(25)11-23(16-9-6-13(20)10-15(16)21)17(22-19)12-4-7-14(26-2)8-5-12/h4-10,25H,3,11H2,1-2H3. The number of anilines is 1. The summed E-state index contributed by atoms with van der Waals surface area (Å²) in [5, 5.41) is 11.7. The van der Waals surface area contributed by atoms with E-state index in [1.165, 1.54) is 0 Å². The lowest BCUT2D eigenvalue weighted by molar-refractivity contribution is -0.162. The Bertz CT molecular complexity index is 886. The number of methoxy groups -OCH3 is 1. The molecular weight excluding hydrogens is 391 g/mol. The van der Waals surface area contributed by atoms with Crippen molar-refractivity contribution < 1.29 is 19.4 Å². The van der Waals surface area contributed by atoms with Crippen molar-refractivity contribution in [1.82, 2.24) is 0 Å². The van der Waals surface area contributed by atoms with Crippen molar-refractivity contribution in [3.63, 3.8) is 0 Å². The van der Waals surface area contributed by atoms with Gasteiger partial charge in [0.2, 0.25) is 0 Å². The molecule has 6 nitrogen and oxygen atoms in total. The van der Waals surface area contributed by atoms with Gasteiger partial charge >= 0.3 is 5.97 Å². The van der Waals surface area contributed by atoms with Crippen LogP contribution >= 0.6 is 23.2 Å². The molecule has 0 saturated carbocycles. The van der Waals surface area contributed by atoms with E-state index in [2.05, 4.69) is 4.99 Å². The van der Waals surface area contributed by atoms with Gasteiger partial charge in [0, 0.05) is 10.6 Å². The summed E-state index contributed by atoms with van der Waals surface area (Å²) in [4.78, 5) is 18.2. The fourth-order valence-corrected chi connectivity index (χ4v) is 3.29. The first-order chi connectivity index (χ1) is 12.9. The zero-order chi connectivity index (χ0) is 19.6. The van der Waals surface area contributed by atoms with Crippen LogP contribution in [-0.4, -0.2) is 42.9 Å². The number of halogens is 2. The Balaban J connectivity index is 2.07. The third kappa shape index (κ3) is 3.88. The van der Waals surface area contributed by atoms with Crippen LogP contribution in [0.25, 0.3) is 0 Å². The number of β-amino-alcohol motifs (C(OH)–C–C–N with tert-alkyl or cyclic N) is 1. The fourth-order valence-electron chi connectivity index (χ4n) is 2.78. The maximum absolute atomic E-state index is 12.3. The van der Waals surface area contributed by atoms with Gasteiger partial charge in [-0.1, -0.05) is 23.2 Å². The van der Waals surface area contributed by atoms with Crippen molar-refractivity contribution in [3.8, 4) is 5.75 Å². The Morgan fingerprint density at radius 2 is 1.96 bits per heavy atom. The number of hydrogen-bond donors (Lipinski definition) is 1. The molecule has 0 spiro atoms. The third-order valence-corrected chi connectivity index (χ3v) is 4.61. The number of aliphatic imine (C=N–C) groups is 1. The molecule has 1 N–H and O–H groups in total. The Hall–Kier alpha value is -2.28. The van der Waals surface area contributed by atoms with E-state index in [1.807, 2.05) is 0 Å². The van der Waals surface area contributed by atoms with Gasteiger partial charge in [-0.2, -0.15) is 0 Å². The molecule has 1 atom stereocenters. The van der Waals surface area contributed by atoms with Crippen molar-refractivity contribution in [2.45, 2.75) is 12.6 Å². The molecule has 1 aliphatic rings. The monoisotopic (exact) mass is 408 g/mol. The molecule has 142 valence electrons. The van der Waals surface area contributed by atoms with Crippen molar-refractivity contribution in [1.29, 1.82) is 0 Å². The molecule has 2 aromatic carbocycles. The second-order valence-corrected chi connectivity index (χ2v) is 6.73. The van der Waals surface area contributed by atoms with E-state index in [-0.39, 0.29) is 13.2 Å². The minimum Gasteiger partial charge on any atom is -0.497 e. The molecule has 8 heteroatoms. The maximum Gasteiger partial charge on any atom is 0.363 e. The molecule has 1 aliphatic heterocycles. The van der Waals surface area contributed by atoms with Crippen LogP contribution in [-0.2, 0) is 9.53 Å². The van der Waals surface area contributed by atoms with E-state index in [0.29, 0.717) is 32.9 Å². The van der Waals surface area contributed by atoms with E-state index in [1.54, 1.807) is 61.4 Å². The van der Waals surface area contributed by atoms with E-state index in [4.69, 9.17) is 32.7 Å². The van der Waals surface area contributed by atoms with Gasteiger partial charge in [-0.05, 0) is 49.4 Å². The minimum absolute atomic E-state index is 0.130. The predicted molar refractivity (Wildman–Crippen MR) is 105 cm³/mol. The molecular formula is C19H18Cl2N2O4. The number of ether oxygens (including phenoxy) is 2. The number of carbonyl (C=O) groups excluding carboxylic acids is 1. The van der Waals surface area contributed by atoms with Gasteiger partial charge in [-0.15, -0.1) is 0 Å². The molecule has 0 aromatic heterocycles. The summed E-state index contributed by atoms with van der Waals surface area (Å²) >= 11 is 12.3. The number of esters is 1. The lowest BCUT2D eigenvalue weighted by Crippen LogP contribution is -2.43. The summed E-state index contributed by atoms with van der Waals surface area (Å²) in [6, 6.07) is 12.1. The first-order valence-electron chi connectivity index (χ1n) is 8.24. The van der Waals surface area contributed by atoms with Crippen LogP contribution in [0.5, 0.6) is 5.75 Å². The SMILES string of the molecule is CCOC(=O)C1(O)CN(c2ccc(Cl)cc2Cl)C(c2ccc(OC)cc2)=N1. The third-order valence-electron chi connectivity index (χ3n) is 4.08. The molecule has 0 aliphatic carbocycles. The highest BCUT2D eigenvalue weighted by Gasteiger charge is 2.46. The smallest absolute Gasteiger partial charge is 0.363 e. The summed E-state index contributed by atoms with van der Waals surface area (Å²) in [5.74, 6) is 0.245. The number of carbonyl (C=O) groups is 1. The van der Waals surface area contributed by atoms with Gasteiger partial charge in [0.05, 0.1) is 31.0 Å². The molecule has 0 radical (unpaired) electrons. The number of rotatable bonds is 5. The number of benzene rings is 2. The molecule has 2 aromatic rings. The molecule has 0 bridgehead atoms. The Labute approximate surface area is 166 Å². The van der Waals surface area contributed by atoms with Crippen LogP contribution in [0.2, 0.25) is 10.0 Å². The summed E-state index contributed by atoms with van der Waals surface area (Å²) in [7, 11) is 1.57. The van der Waals surface area contributed by atoms with Crippen molar-refractivity contribution in [2.24, 2.45) is 4.99 Å². The van der Waals surface area contributed by atoms with Crippen LogP contribution in [0.4, 0.5) is 5.69 Å². The summed E-state index contributed by atoms with van der Waals surface area (Å²) in [6.45, 7) is 1.67. The molecule has 1 unspecified atom stereocenters. The Kier molecular flexibility index (Phi) is 5.60. The van der Waals surface area contributed by atoms with Crippen LogP contribution in [0.15, 0.2) is 47.5 Å². The normalized spacial score (nSPS) is 19.0. The molecule has 0 saturated heterocycles. The second-order valence-electron chi connectivity index (χ2n) is 5.88. The minimum atomic E-state index is -2.03. The number of hydrogen-bond acceptors (Lipinski definition) is 6. The Morgan fingerprint density at radius 1 is 1.26 bits per heavy atom. The number of nitrogens with zero attached hydrogens (tertiary/aromatic N) is 2. The van der Waals surface area contributed by atoms with Crippen LogP contribution in [0, 0.1) is 0 Å². The summed E-state index contributed by atoms with van der Waals surface area (Å²) in [6.07, 6.45) is 0. The largest absolute Gasteiger partial charge is 0.497 e. The number of amidine groups is 1. The zero-order valence-corrected chi connectivity index (χ0v) is 16.3. The van der Waals surface area contributed by atoms with Crippen molar-refractivity contribution >= 4 is 40.7 Å². The highest BCUT2D eigenvalue weighted by molar-refractivity contribution is 6.37.